The smallest absolute Gasteiger partial charge is 0.239 e. The lowest BCUT2D eigenvalue weighted by Crippen LogP contribution is -2.35. The zero-order valence-corrected chi connectivity index (χ0v) is 13.7. The Bertz CT molecular complexity index is 645. The Balaban J connectivity index is 2.26. The Hall–Kier alpha value is -1.72. The molecule has 0 saturated heterocycles. The number of rotatable bonds is 5. The minimum Gasteiger partial charge on any atom is -0.368 e. The number of aromatic nitrogens is 1. The van der Waals surface area contributed by atoms with E-state index in [-0.39, 0.29) is 5.91 Å². The highest BCUT2D eigenvalue weighted by Gasteiger charge is 2.23. The fourth-order valence-corrected chi connectivity index (χ4v) is 2.77. The lowest BCUT2D eigenvalue weighted by molar-refractivity contribution is -0.123. The van der Waals surface area contributed by atoms with Crippen LogP contribution in [0.25, 0.3) is 0 Å². The third-order valence-electron chi connectivity index (χ3n) is 3.41. The maximum atomic E-state index is 11.9. The Labute approximate surface area is 133 Å². The number of likely N-dealkylation sites (N-methyl/N-ethyl adjacent to an activating group) is 1. The molecule has 2 rings (SSSR count). The molecule has 5 heteroatoms. The molecular weight excluding hydrogens is 330 g/mol. The summed E-state index contributed by atoms with van der Waals surface area (Å²) in [6, 6.07) is 11.1. The molecule has 1 atom stereocenters. The van der Waals surface area contributed by atoms with Crippen molar-refractivity contribution >= 4 is 21.8 Å². The number of pyridine rings is 1. The minimum atomic E-state index is -0.470. The molecule has 0 radical (unpaired) electrons. The van der Waals surface area contributed by atoms with Gasteiger partial charge in [0, 0.05) is 22.9 Å². The summed E-state index contributed by atoms with van der Waals surface area (Å²) in [7, 11) is 1.89. The van der Waals surface area contributed by atoms with Crippen molar-refractivity contribution < 1.29 is 4.79 Å². The maximum absolute atomic E-state index is 11.9. The number of benzene rings is 1. The summed E-state index contributed by atoms with van der Waals surface area (Å²) < 4.78 is 0.928. The Morgan fingerprint density at radius 2 is 2.14 bits per heavy atom. The van der Waals surface area contributed by atoms with Gasteiger partial charge in [-0.2, -0.15) is 0 Å². The average molecular weight is 348 g/mol. The highest BCUT2D eigenvalue weighted by atomic mass is 79.9. The first-order valence-corrected chi connectivity index (χ1v) is 7.44. The van der Waals surface area contributed by atoms with E-state index in [2.05, 4.69) is 20.9 Å². The molecule has 0 spiro atoms. The monoisotopic (exact) mass is 347 g/mol. The Morgan fingerprint density at radius 3 is 2.76 bits per heavy atom. The summed E-state index contributed by atoms with van der Waals surface area (Å²) >= 11 is 3.43. The maximum Gasteiger partial charge on any atom is 0.239 e. The van der Waals surface area contributed by atoms with Crippen molar-refractivity contribution in [3.05, 3.63) is 63.9 Å². The molecule has 1 heterocycles. The largest absolute Gasteiger partial charge is 0.368 e. The van der Waals surface area contributed by atoms with Gasteiger partial charge >= 0.3 is 0 Å². The number of hydrogen-bond acceptors (Lipinski definition) is 3. The summed E-state index contributed by atoms with van der Waals surface area (Å²) in [5, 5.41) is 0. The standard InChI is InChI=1S/C16H18BrN3O/c1-11-13(6-4-8-19-11)10-20(2)15(16(18)21)12-5-3-7-14(17)9-12/h3-9,15H,10H2,1-2H3,(H2,18,21)/t15-/m0/s1. The Kier molecular flexibility index (Phi) is 5.09. The van der Waals surface area contributed by atoms with Gasteiger partial charge in [0.2, 0.25) is 5.91 Å². The molecule has 4 nitrogen and oxygen atoms in total. The zero-order chi connectivity index (χ0) is 15.4. The van der Waals surface area contributed by atoms with E-state index in [1.807, 2.05) is 55.3 Å². The van der Waals surface area contributed by atoms with E-state index in [0.717, 1.165) is 21.3 Å². The van der Waals surface area contributed by atoms with Gasteiger partial charge in [0.05, 0.1) is 0 Å². The summed E-state index contributed by atoms with van der Waals surface area (Å²) in [6.45, 7) is 2.57. The van der Waals surface area contributed by atoms with Crippen molar-refractivity contribution in [2.24, 2.45) is 5.73 Å². The molecule has 2 aromatic rings. The van der Waals surface area contributed by atoms with Crippen molar-refractivity contribution in [1.82, 2.24) is 9.88 Å². The predicted octanol–water partition coefficient (Wildman–Crippen LogP) is 2.81. The van der Waals surface area contributed by atoms with Crippen LogP contribution in [0.2, 0.25) is 0 Å². The number of nitrogens with zero attached hydrogens (tertiary/aromatic N) is 2. The van der Waals surface area contributed by atoms with Gasteiger partial charge in [0.15, 0.2) is 0 Å². The molecule has 0 bridgehead atoms. The zero-order valence-electron chi connectivity index (χ0n) is 12.1. The highest BCUT2D eigenvalue weighted by Crippen LogP contribution is 2.24. The number of hydrogen-bond donors (Lipinski definition) is 1. The van der Waals surface area contributed by atoms with E-state index < -0.39 is 6.04 Å². The van der Waals surface area contributed by atoms with Gasteiger partial charge in [-0.3, -0.25) is 14.7 Å². The van der Waals surface area contributed by atoms with Crippen molar-refractivity contribution in [2.75, 3.05) is 7.05 Å². The van der Waals surface area contributed by atoms with Gasteiger partial charge in [-0.1, -0.05) is 34.1 Å². The molecule has 0 fully saturated rings. The fourth-order valence-electron chi connectivity index (χ4n) is 2.36. The molecule has 21 heavy (non-hydrogen) atoms. The molecule has 1 amide bonds. The molecule has 0 saturated carbocycles. The number of halogens is 1. The quantitative estimate of drug-likeness (QED) is 0.904. The minimum absolute atomic E-state index is 0.364. The van der Waals surface area contributed by atoms with E-state index >= 15 is 0 Å². The van der Waals surface area contributed by atoms with Gasteiger partial charge in [-0.15, -0.1) is 0 Å². The van der Waals surface area contributed by atoms with Crippen LogP contribution >= 0.6 is 15.9 Å². The van der Waals surface area contributed by atoms with E-state index in [4.69, 9.17) is 5.73 Å². The van der Waals surface area contributed by atoms with E-state index in [0.29, 0.717) is 6.54 Å². The fraction of sp³-hybridized carbons (Fsp3) is 0.250. The first kappa shape index (κ1) is 15.7. The van der Waals surface area contributed by atoms with Crippen molar-refractivity contribution in [3.63, 3.8) is 0 Å². The molecule has 110 valence electrons. The van der Waals surface area contributed by atoms with E-state index in [1.165, 1.54) is 0 Å². The van der Waals surface area contributed by atoms with Crippen LogP contribution in [0, 0.1) is 6.92 Å². The van der Waals surface area contributed by atoms with Crippen LogP contribution in [0.4, 0.5) is 0 Å². The van der Waals surface area contributed by atoms with E-state index in [9.17, 15) is 4.79 Å². The van der Waals surface area contributed by atoms with Gasteiger partial charge in [-0.25, -0.2) is 0 Å². The number of carbonyl (C=O) groups excluding carboxylic acids is 1. The molecule has 0 aliphatic rings. The second kappa shape index (κ2) is 6.83. The number of amides is 1. The number of carbonyl (C=O) groups is 1. The number of primary amides is 1. The second-order valence-corrected chi connectivity index (χ2v) is 5.94. The molecule has 0 unspecified atom stereocenters. The molecule has 0 aliphatic carbocycles. The van der Waals surface area contributed by atoms with Crippen LogP contribution in [0.5, 0.6) is 0 Å². The van der Waals surface area contributed by atoms with E-state index in [1.54, 1.807) is 6.20 Å². The number of nitrogens with two attached hydrogens (primary N) is 1. The lowest BCUT2D eigenvalue weighted by atomic mass is 10.0. The van der Waals surface area contributed by atoms with Crippen LogP contribution in [0.3, 0.4) is 0 Å². The molecule has 2 N–H and O–H groups in total. The molecular formula is C16H18BrN3O. The van der Waals surface area contributed by atoms with Gasteiger partial charge < -0.3 is 5.73 Å². The van der Waals surface area contributed by atoms with Crippen LogP contribution in [0.15, 0.2) is 47.1 Å². The Morgan fingerprint density at radius 1 is 1.38 bits per heavy atom. The third kappa shape index (κ3) is 3.89. The molecule has 1 aromatic carbocycles. The number of aryl methyl sites for hydroxylation is 1. The average Bonchev–Trinajstić information content (AvgIpc) is 2.41. The van der Waals surface area contributed by atoms with Crippen molar-refractivity contribution in [2.45, 2.75) is 19.5 Å². The normalized spacial score (nSPS) is 12.4. The second-order valence-electron chi connectivity index (χ2n) is 5.02. The van der Waals surface area contributed by atoms with Gasteiger partial charge in [-0.05, 0) is 43.3 Å². The molecule has 1 aromatic heterocycles. The molecule has 0 aliphatic heterocycles. The lowest BCUT2D eigenvalue weighted by Gasteiger charge is -2.26. The topological polar surface area (TPSA) is 59.2 Å². The third-order valence-corrected chi connectivity index (χ3v) is 3.90. The van der Waals surface area contributed by atoms with Crippen molar-refractivity contribution in [1.29, 1.82) is 0 Å². The van der Waals surface area contributed by atoms with Crippen LogP contribution in [0.1, 0.15) is 22.9 Å². The van der Waals surface area contributed by atoms with Crippen LogP contribution in [-0.2, 0) is 11.3 Å². The SMILES string of the molecule is Cc1ncccc1CN(C)[C@H](C(N)=O)c1cccc(Br)c1. The summed E-state index contributed by atoms with van der Waals surface area (Å²) in [4.78, 5) is 18.1. The van der Waals surface area contributed by atoms with Crippen LogP contribution in [-0.4, -0.2) is 22.8 Å². The summed E-state index contributed by atoms with van der Waals surface area (Å²) in [6.07, 6.45) is 1.76. The first-order chi connectivity index (χ1) is 9.99. The van der Waals surface area contributed by atoms with Crippen molar-refractivity contribution in [3.8, 4) is 0 Å². The van der Waals surface area contributed by atoms with Gasteiger partial charge in [0.25, 0.3) is 0 Å². The highest BCUT2D eigenvalue weighted by molar-refractivity contribution is 9.10. The predicted molar refractivity (Wildman–Crippen MR) is 86.5 cm³/mol. The summed E-state index contributed by atoms with van der Waals surface area (Å²) in [5.41, 5.74) is 8.52. The van der Waals surface area contributed by atoms with Gasteiger partial charge in [0.1, 0.15) is 6.04 Å². The van der Waals surface area contributed by atoms with Crippen LogP contribution < -0.4 is 5.73 Å². The first-order valence-electron chi connectivity index (χ1n) is 6.64. The summed E-state index contributed by atoms with van der Waals surface area (Å²) in [5.74, 6) is -0.364.